The first-order valence-electron chi connectivity index (χ1n) is 7.99. The van der Waals surface area contributed by atoms with Gasteiger partial charge in [0.2, 0.25) is 10.0 Å². The second-order valence-electron chi connectivity index (χ2n) is 6.08. The molecular formula is C17H28N2O3S. The Bertz CT molecular complexity index is 654. The lowest BCUT2D eigenvalue weighted by atomic mass is 9.99. The summed E-state index contributed by atoms with van der Waals surface area (Å²) in [5.74, 6) is 0.149. The second kappa shape index (κ2) is 7.81. The van der Waals surface area contributed by atoms with Crippen LogP contribution in [-0.4, -0.2) is 45.6 Å². The molecule has 23 heavy (non-hydrogen) atoms. The van der Waals surface area contributed by atoms with E-state index >= 15 is 0 Å². The van der Waals surface area contributed by atoms with Gasteiger partial charge in [-0.25, -0.2) is 8.42 Å². The van der Waals surface area contributed by atoms with Gasteiger partial charge in [-0.05, 0) is 43.0 Å². The molecule has 1 rings (SSSR count). The van der Waals surface area contributed by atoms with Crippen molar-refractivity contribution in [2.75, 3.05) is 30.7 Å². The molecule has 0 aliphatic carbocycles. The molecule has 0 aliphatic heterocycles. The standard InChI is InChI=1S/C17H28N2O3S/c1-7-9-19(8-2)17(20)15-10-14(13(3)4)11-16(12-15)18(5)23(6,21)22/h10-13H,7-9H2,1-6H3. The summed E-state index contributed by atoms with van der Waals surface area (Å²) in [5.41, 5.74) is 2.01. The van der Waals surface area contributed by atoms with Crippen molar-refractivity contribution in [2.24, 2.45) is 0 Å². The highest BCUT2D eigenvalue weighted by molar-refractivity contribution is 7.92. The van der Waals surface area contributed by atoms with Crippen LogP contribution in [0, 0.1) is 0 Å². The molecule has 0 aliphatic rings. The SMILES string of the molecule is CCCN(CC)C(=O)c1cc(C(C)C)cc(N(C)S(C)(=O)=O)c1. The zero-order valence-electron chi connectivity index (χ0n) is 15.0. The number of rotatable bonds is 7. The molecule has 1 amide bonds. The number of anilines is 1. The second-order valence-corrected chi connectivity index (χ2v) is 8.10. The lowest BCUT2D eigenvalue weighted by Gasteiger charge is -2.23. The van der Waals surface area contributed by atoms with Crippen LogP contribution in [0.25, 0.3) is 0 Å². The predicted octanol–water partition coefficient (Wildman–Crippen LogP) is 3.08. The molecule has 1 aromatic carbocycles. The van der Waals surface area contributed by atoms with Gasteiger partial charge >= 0.3 is 0 Å². The summed E-state index contributed by atoms with van der Waals surface area (Å²) < 4.78 is 24.8. The van der Waals surface area contributed by atoms with E-state index in [0.29, 0.717) is 24.3 Å². The van der Waals surface area contributed by atoms with E-state index in [-0.39, 0.29) is 11.8 Å². The van der Waals surface area contributed by atoms with E-state index < -0.39 is 10.0 Å². The van der Waals surface area contributed by atoms with Gasteiger partial charge in [-0.2, -0.15) is 0 Å². The molecule has 0 unspecified atom stereocenters. The van der Waals surface area contributed by atoms with Crippen LogP contribution in [0.4, 0.5) is 5.69 Å². The van der Waals surface area contributed by atoms with Gasteiger partial charge in [-0.3, -0.25) is 9.10 Å². The molecule has 5 nitrogen and oxygen atoms in total. The molecule has 0 N–H and O–H groups in total. The molecular weight excluding hydrogens is 312 g/mol. The van der Waals surface area contributed by atoms with Crippen molar-refractivity contribution in [3.05, 3.63) is 29.3 Å². The van der Waals surface area contributed by atoms with Crippen molar-refractivity contribution in [3.63, 3.8) is 0 Å². The zero-order chi connectivity index (χ0) is 17.8. The van der Waals surface area contributed by atoms with Crippen molar-refractivity contribution in [2.45, 2.75) is 40.0 Å². The van der Waals surface area contributed by atoms with Gasteiger partial charge in [0.1, 0.15) is 0 Å². The van der Waals surface area contributed by atoms with Gasteiger partial charge in [0.25, 0.3) is 5.91 Å². The predicted molar refractivity (Wildman–Crippen MR) is 95.6 cm³/mol. The van der Waals surface area contributed by atoms with Crippen molar-refractivity contribution in [3.8, 4) is 0 Å². The number of benzene rings is 1. The fourth-order valence-corrected chi connectivity index (χ4v) is 2.81. The smallest absolute Gasteiger partial charge is 0.253 e. The van der Waals surface area contributed by atoms with Crippen LogP contribution in [0.2, 0.25) is 0 Å². The summed E-state index contributed by atoms with van der Waals surface area (Å²) in [6.45, 7) is 9.36. The van der Waals surface area contributed by atoms with E-state index in [2.05, 4.69) is 0 Å². The van der Waals surface area contributed by atoms with Crippen LogP contribution in [0.3, 0.4) is 0 Å². The lowest BCUT2D eigenvalue weighted by molar-refractivity contribution is 0.0764. The number of hydrogen-bond donors (Lipinski definition) is 0. The minimum atomic E-state index is -3.37. The number of amides is 1. The van der Waals surface area contributed by atoms with Crippen LogP contribution in [0.5, 0.6) is 0 Å². The van der Waals surface area contributed by atoms with Crippen molar-refractivity contribution in [1.29, 1.82) is 0 Å². The van der Waals surface area contributed by atoms with Gasteiger partial charge < -0.3 is 4.90 Å². The van der Waals surface area contributed by atoms with E-state index in [1.807, 2.05) is 39.8 Å². The first-order valence-corrected chi connectivity index (χ1v) is 9.84. The third-order valence-corrected chi connectivity index (χ3v) is 5.08. The molecule has 0 atom stereocenters. The monoisotopic (exact) mass is 340 g/mol. The Morgan fingerprint density at radius 3 is 2.22 bits per heavy atom. The Hall–Kier alpha value is -1.56. The molecule has 0 spiro atoms. The molecule has 130 valence electrons. The molecule has 0 aromatic heterocycles. The van der Waals surface area contributed by atoms with Gasteiger partial charge in [0.05, 0.1) is 11.9 Å². The Kier molecular flexibility index (Phi) is 6.62. The quantitative estimate of drug-likeness (QED) is 0.766. The van der Waals surface area contributed by atoms with Gasteiger partial charge in [0, 0.05) is 25.7 Å². The number of carbonyl (C=O) groups is 1. The van der Waals surface area contributed by atoms with Crippen LogP contribution < -0.4 is 4.31 Å². The van der Waals surface area contributed by atoms with Crippen molar-refractivity contribution < 1.29 is 13.2 Å². The Morgan fingerprint density at radius 2 is 1.78 bits per heavy atom. The topological polar surface area (TPSA) is 57.7 Å². The fraction of sp³-hybridized carbons (Fsp3) is 0.588. The Labute approximate surface area is 140 Å². The van der Waals surface area contributed by atoms with Crippen LogP contribution in [-0.2, 0) is 10.0 Å². The van der Waals surface area contributed by atoms with Gasteiger partial charge in [0.15, 0.2) is 0 Å². The van der Waals surface area contributed by atoms with Crippen LogP contribution in [0.15, 0.2) is 18.2 Å². The van der Waals surface area contributed by atoms with Gasteiger partial charge in [-0.15, -0.1) is 0 Å². The van der Waals surface area contributed by atoms with E-state index in [9.17, 15) is 13.2 Å². The molecule has 6 heteroatoms. The zero-order valence-corrected chi connectivity index (χ0v) is 15.8. The maximum absolute atomic E-state index is 12.7. The fourth-order valence-electron chi connectivity index (χ4n) is 2.32. The maximum atomic E-state index is 12.7. The highest BCUT2D eigenvalue weighted by Crippen LogP contribution is 2.26. The maximum Gasteiger partial charge on any atom is 0.253 e. The first-order chi connectivity index (χ1) is 10.6. The summed E-state index contributed by atoms with van der Waals surface area (Å²) >= 11 is 0. The number of carbonyl (C=O) groups excluding carboxylic acids is 1. The molecule has 0 bridgehead atoms. The van der Waals surface area contributed by atoms with E-state index in [1.54, 1.807) is 11.0 Å². The average molecular weight is 340 g/mol. The van der Waals surface area contributed by atoms with Crippen LogP contribution in [0.1, 0.15) is 56.0 Å². The largest absolute Gasteiger partial charge is 0.339 e. The third kappa shape index (κ3) is 4.96. The summed E-state index contributed by atoms with van der Waals surface area (Å²) in [4.78, 5) is 14.5. The minimum Gasteiger partial charge on any atom is -0.339 e. The van der Waals surface area contributed by atoms with Gasteiger partial charge in [-0.1, -0.05) is 20.8 Å². The Balaban J connectivity index is 3.37. The summed E-state index contributed by atoms with van der Waals surface area (Å²) in [6.07, 6.45) is 2.05. The molecule has 1 aromatic rings. The normalized spacial score (nSPS) is 11.6. The highest BCUT2D eigenvalue weighted by atomic mass is 32.2. The Morgan fingerprint density at radius 1 is 1.17 bits per heavy atom. The van der Waals surface area contributed by atoms with Crippen molar-refractivity contribution >= 4 is 21.6 Å². The molecule has 0 fully saturated rings. The lowest BCUT2D eigenvalue weighted by Crippen LogP contribution is -2.32. The van der Waals surface area contributed by atoms with Crippen molar-refractivity contribution in [1.82, 2.24) is 4.90 Å². The molecule has 0 saturated heterocycles. The third-order valence-electron chi connectivity index (χ3n) is 3.88. The first kappa shape index (κ1) is 19.5. The highest BCUT2D eigenvalue weighted by Gasteiger charge is 2.19. The summed E-state index contributed by atoms with van der Waals surface area (Å²) in [5, 5.41) is 0. The van der Waals surface area contributed by atoms with E-state index in [0.717, 1.165) is 18.2 Å². The summed E-state index contributed by atoms with van der Waals surface area (Å²) in [7, 11) is -1.86. The van der Waals surface area contributed by atoms with E-state index in [4.69, 9.17) is 0 Å². The van der Waals surface area contributed by atoms with E-state index in [1.165, 1.54) is 11.4 Å². The molecule has 0 heterocycles. The minimum absolute atomic E-state index is 0.0556. The molecule has 0 saturated carbocycles. The number of hydrogen-bond acceptors (Lipinski definition) is 3. The summed E-state index contributed by atoms with van der Waals surface area (Å²) in [6, 6.07) is 5.36. The number of nitrogens with zero attached hydrogens (tertiary/aromatic N) is 2. The number of sulfonamides is 1. The average Bonchev–Trinajstić information content (AvgIpc) is 2.49. The van der Waals surface area contributed by atoms with Crippen LogP contribution >= 0.6 is 0 Å². The molecule has 0 radical (unpaired) electrons.